The molecule has 3 unspecified atom stereocenters. The Morgan fingerprint density at radius 3 is 2.42 bits per heavy atom. The summed E-state index contributed by atoms with van der Waals surface area (Å²) in [4.78, 5) is 15.9. The fraction of sp³-hybridized carbons (Fsp3) is 0.333. The average Bonchev–Trinajstić information content (AvgIpc) is 3.31. The number of rotatable bonds is 4. The summed E-state index contributed by atoms with van der Waals surface area (Å²) in [6.07, 6.45) is -2.27. The molecule has 0 aliphatic heterocycles. The van der Waals surface area contributed by atoms with Crippen molar-refractivity contribution in [3.05, 3.63) is 65.5 Å². The molecule has 0 bridgehead atoms. The molecule has 2 aromatic rings. The molecule has 24 heavy (non-hydrogen) atoms. The number of carbonyl (C=O) groups excluding carboxylic acids is 1. The van der Waals surface area contributed by atoms with Gasteiger partial charge in [0, 0.05) is 24.2 Å². The molecule has 1 aromatic heterocycles. The van der Waals surface area contributed by atoms with Crippen LogP contribution in [0, 0.1) is 5.92 Å². The molecule has 1 saturated carbocycles. The number of aromatic nitrogens is 1. The summed E-state index contributed by atoms with van der Waals surface area (Å²) in [5.74, 6) is -1.39. The van der Waals surface area contributed by atoms with Crippen molar-refractivity contribution in [2.75, 3.05) is 6.61 Å². The number of alkyl halides is 3. The standard InChI is InChI=1S/C18H16F3NO2/c1-2-24-17(23)16-14(11-6-4-3-5-7-11)15(16)12-8-13(10-22-9-12)18(19,20)21/h3-10,14-16H,2H2,1H3. The van der Waals surface area contributed by atoms with Crippen molar-refractivity contribution < 1.29 is 22.7 Å². The molecule has 0 N–H and O–H groups in total. The lowest BCUT2D eigenvalue weighted by molar-refractivity contribution is -0.144. The SMILES string of the molecule is CCOC(=O)C1C(c2ccccc2)C1c1cncc(C(F)(F)F)c1. The molecule has 1 heterocycles. The molecule has 3 nitrogen and oxygen atoms in total. The number of esters is 1. The first-order chi connectivity index (χ1) is 11.4. The van der Waals surface area contributed by atoms with Gasteiger partial charge in [-0.1, -0.05) is 30.3 Å². The third kappa shape index (κ3) is 3.13. The van der Waals surface area contributed by atoms with Crippen LogP contribution in [0.25, 0.3) is 0 Å². The second-order valence-corrected chi connectivity index (χ2v) is 5.74. The van der Waals surface area contributed by atoms with Crippen LogP contribution in [0.5, 0.6) is 0 Å². The molecule has 0 spiro atoms. The summed E-state index contributed by atoms with van der Waals surface area (Å²) < 4.78 is 43.8. The first-order valence-electron chi connectivity index (χ1n) is 7.67. The smallest absolute Gasteiger partial charge is 0.417 e. The highest BCUT2D eigenvalue weighted by Gasteiger charge is 2.57. The van der Waals surface area contributed by atoms with Crippen molar-refractivity contribution in [1.82, 2.24) is 4.98 Å². The Balaban J connectivity index is 1.94. The number of carbonyl (C=O) groups is 1. The topological polar surface area (TPSA) is 39.2 Å². The molecule has 1 aliphatic carbocycles. The van der Waals surface area contributed by atoms with Crippen LogP contribution in [-0.2, 0) is 15.7 Å². The number of ether oxygens (including phenoxy) is 1. The summed E-state index contributed by atoms with van der Waals surface area (Å²) in [6.45, 7) is 1.95. The van der Waals surface area contributed by atoms with Crippen molar-refractivity contribution in [2.45, 2.75) is 24.9 Å². The number of nitrogens with zero attached hydrogens (tertiary/aromatic N) is 1. The second-order valence-electron chi connectivity index (χ2n) is 5.74. The van der Waals surface area contributed by atoms with E-state index in [1.165, 1.54) is 6.20 Å². The lowest BCUT2D eigenvalue weighted by Gasteiger charge is -2.08. The molecule has 3 atom stereocenters. The Bertz CT molecular complexity index is 731. The normalized spacial score (nSPS) is 22.9. The fourth-order valence-corrected chi connectivity index (χ4v) is 3.14. The Kier molecular flexibility index (Phi) is 4.30. The highest BCUT2D eigenvalue weighted by atomic mass is 19.4. The van der Waals surface area contributed by atoms with Crippen LogP contribution in [0.3, 0.4) is 0 Å². The van der Waals surface area contributed by atoms with Gasteiger partial charge in [-0.05, 0) is 24.1 Å². The Hall–Kier alpha value is -2.37. The molecule has 1 aliphatic rings. The maximum atomic E-state index is 12.9. The van der Waals surface area contributed by atoms with Gasteiger partial charge >= 0.3 is 12.1 Å². The molecular weight excluding hydrogens is 319 g/mol. The monoisotopic (exact) mass is 335 g/mol. The average molecular weight is 335 g/mol. The zero-order valence-electron chi connectivity index (χ0n) is 13.0. The lowest BCUT2D eigenvalue weighted by atomic mass is 10.0. The molecule has 0 radical (unpaired) electrons. The van der Waals surface area contributed by atoms with Crippen molar-refractivity contribution >= 4 is 5.97 Å². The molecule has 6 heteroatoms. The van der Waals surface area contributed by atoms with E-state index in [0.29, 0.717) is 5.56 Å². The predicted octanol–water partition coefficient (Wildman–Crippen LogP) is 4.16. The second kappa shape index (κ2) is 6.26. The molecule has 0 saturated heterocycles. The van der Waals surface area contributed by atoms with Gasteiger partial charge in [-0.15, -0.1) is 0 Å². The van der Waals surface area contributed by atoms with Crippen molar-refractivity contribution in [2.24, 2.45) is 5.92 Å². The maximum absolute atomic E-state index is 12.9. The van der Waals surface area contributed by atoms with Gasteiger partial charge in [-0.2, -0.15) is 13.2 Å². The van der Waals surface area contributed by atoms with E-state index in [2.05, 4.69) is 4.98 Å². The minimum Gasteiger partial charge on any atom is -0.466 e. The number of pyridine rings is 1. The van der Waals surface area contributed by atoms with Gasteiger partial charge in [0.1, 0.15) is 0 Å². The molecule has 3 rings (SSSR count). The van der Waals surface area contributed by atoms with E-state index >= 15 is 0 Å². The van der Waals surface area contributed by atoms with Crippen LogP contribution >= 0.6 is 0 Å². The fourth-order valence-electron chi connectivity index (χ4n) is 3.14. The van der Waals surface area contributed by atoms with Gasteiger partial charge in [0.2, 0.25) is 0 Å². The first kappa shape index (κ1) is 16.5. The zero-order valence-corrected chi connectivity index (χ0v) is 13.0. The molecule has 0 amide bonds. The van der Waals surface area contributed by atoms with E-state index < -0.39 is 17.7 Å². The van der Waals surface area contributed by atoms with Crippen LogP contribution in [0.1, 0.15) is 35.4 Å². The summed E-state index contributed by atoms with van der Waals surface area (Å²) in [6, 6.07) is 10.4. The third-order valence-corrected chi connectivity index (χ3v) is 4.23. The zero-order chi connectivity index (χ0) is 17.3. The summed E-state index contributed by atoms with van der Waals surface area (Å²) in [7, 11) is 0. The Morgan fingerprint density at radius 2 is 1.79 bits per heavy atom. The lowest BCUT2D eigenvalue weighted by Crippen LogP contribution is -2.09. The van der Waals surface area contributed by atoms with Gasteiger partial charge in [0.05, 0.1) is 18.1 Å². The molecular formula is C18H16F3NO2. The van der Waals surface area contributed by atoms with Crippen molar-refractivity contribution in [3.8, 4) is 0 Å². The largest absolute Gasteiger partial charge is 0.466 e. The van der Waals surface area contributed by atoms with Gasteiger partial charge in [0.15, 0.2) is 0 Å². The summed E-state index contributed by atoms with van der Waals surface area (Å²) in [5, 5.41) is 0. The third-order valence-electron chi connectivity index (χ3n) is 4.23. The van der Waals surface area contributed by atoms with E-state index in [-0.39, 0.29) is 24.4 Å². The van der Waals surface area contributed by atoms with E-state index in [1.54, 1.807) is 6.92 Å². The first-order valence-corrected chi connectivity index (χ1v) is 7.67. The minimum atomic E-state index is -4.46. The van der Waals surface area contributed by atoms with Crippen LogP contribution in [0.4, 0.5) is 13.2 Å². The minimum absolute atomic E-state index is 0.185. The maximum Gasteiger partial charge on any atom is 0.417 e. The van der Waals surface area contributed by atoms with Gasteiger partial charge in [0.25, 0.3) is 0 Å². The highest BCUT2D eigenvalue weighted by molar-refractivity contribution is 5.80. The van der Waals surface area contributed by atoms with Crippen LogP contribution < -0.4 is 0 Å². The van der Waals surface area contributed by atoms with Crippen molar-refractivity contribution in [1.29, 1.82) is 0 Å². The van der Waals surface area contributed by atoms with Crippen LogP contribution in [0.2, 0.25) is 0 Å². The van der Waals surface area contributed by atoms with E-state index in [1.807, 2.05) is 30.3 Å². The summed E-state index contributed by atoms with van der Waals surface area (Å²) >= 11 is 0. The van der Waals surface area contributed by atoms with E-state index in [9.17, 15) is 18.0 Å². The molecule has 1 fully saturated rings. The van der Waals surface area contributed by atoms with Crippen LogP contribution in [-0.4, -0.2) is 17.6 Å². The highest BCUT2D eigenvalue weighted by Crippen LogP contribution is 2.61. The number of halogens is 3. The van der Waals surface area contributed by atoms with Crippen LogP contribution in [0.15, 0.2) is 48.8 Å². The number of benzene rings is 1. The van der Waals surface area contributed by atoms with Gasteiger partial charge < -0.3 is 4.74 Å². The quantitative estimate of drug-likeness (QED) is 0.788. The Labute approximate surface area is 137 Å². The molecule has 126 valence electrons. The van der Waals surface area contributed by atoms with Crippen molar-refractivity contribution in [3.63, 3.8) is 0 Å². The van der Waals surface area contributed by atoms with E-state index in [0.717, 1.165) is 17.8 Å². The molecule has 1 aromatic carbocycles. The Morgan fingerprint density at radius 1 is 1.12 bits per heavy atom. The van der Waals surface area contributed by atoms with Gasteiger partial charge in [-0.3, -0.25) is 9.78 Å². The number of hydrogen-bond donors (Lipinski definition) is 0. The predicted molar refractivity (Wildman–Crippen MR) is 81.3 cm³/mol. The van der Waals surface area contributed by atoms with Gasteiger partial charge in [-0.25, -0.2) is 0 Å². The summed E-state index contributed by atoms with van der Waals surface area (Å²) in [5.41, 5.74) is 0.524. The number of hydrogen-bond acceptors (Lipinski definition) is 3. The van der Waals surface area contributed by atoms with E-state index in [4.69, 9.17) is 4.74 Å².